The molecule has 0 bridgehead atoms. The highest BCUT2D eigenvalue weighted by Gasteiger charge is 2.08. The summed E-state index contributed by atoms with van der Waals surface area (Å²) in [6.45, 7) is 4.10. The third-order valence-electron chi connectivity index (χ3n) is 3.25. The second-order valence-electron chi connectivity index (χ2n) is 4.69. The molecular formula is C16H19NO. The lowest BCUT2D eigenvalue weighted by molar-refractivity contribution is -0.121. The van der Waals surface area contributed by atoms with Crippen molar-refractivity contribution >= 4 is 16.7 Å². The van der Waals surface area contributed by atoms with Crippen LogP contribution >= 0.6 is 0 Å². The van der Waals surface area contributed by atoms with Crippen LogP contribution < -0.4 is 5.32 Å². The maximum atomic E-state index is 11.9. The molecule has 0 aliphatic heterocycles. The highest BCUT2D eigenvalue weighted by atomic mass is 16.1. The number of fused-ring (bicyclic) bond motifs is 1. The highest BCUT2D eigenvalue weighted by Crippen LogP contribution is 2.18. The monoisotopic (exact) mass is 241 g/mol. The molecule has 0 saturated carbocycles. The van der Waals surface area contributed by atoms with Crippen molar-refractivity contribution < 1.29 is 4.79 Å². The number of carbonyl (C=O) groups excluding carboxylic acids is 1. The average molecular weight is 241 g/mol. The Morgan fingerprint density at radius 2 is 1.89 bits per heavy atom. The molecular weight excluding hydrogens is 222 g/mol. The zero-order chi connectivity index (χ0) is 13.0. The molecule has 0 aliphatic carbocycles. The van der Waals surface area contributed by atoms with Crippen molar-refractivity contribution in [3.05, 3.63) is 48.0 Å². The van der Waals surface area contributed by atoms with Crippen LogP contribution in [0.4, 0.5) is 0 Å². The first kappa shape index (κ1) is 12.6. The van der Waals surface area contributed by atoms with Gasteiger partial charge in [0.15, 0.2) is 0 Å². The summed E-state index contributed by atoms with van der Waals surface area (Å²) in [7, 11) is 0. The summed E-state index contributed by atoms with van der Waals surface area (Å²) < 4.78 is 0. The number of hydrogen-bond donors (Lipinski definition) is 1. The maximum absolute atomic E-state index is 11.9. The van der Waals surface area contributed by atoms with Crippen LogP contribution in [0.15, 0.2) is 42.5 Å². The SMILES string of the molecule is CC[C@@H](C)NC(=O)Cc1cccc2ccccc12. The molecule has 18 heavy (non-hydrogen) atoms. The van der Waals surface area contributed by atoms with Gasteiger partial charge in [0.05, 0.1) is 6.42 Å². The fraction of sp³-hybridized carbons (Fsp3) is 0.312. The zero-order valence-corrected chi connectivity index (χ0v) is 10.9. The zero-order valence-electron chi connectivity index (χ0n) is 10.9. The van der Waals surface area contributed by atoms with Gasteiger partial charge in [-0.05, 0) is 29.7 Å². The van der Waals surface area contributed by atoms with Crippen LogP contribution in [-0.2, 0) is 11.2 Å². The summed E-state index contributed by atoms with van der Waals surface area (Å²) in [4.78, 5) is 11.9. The second-order valence-corrected chi connectivity index (χ2v) is 4.69. The molecule has 94 valence electrons. The lowest BCUT2D eigenvalue weighted by Crippen LogP contribution is -2.33. The molecule has 0 unspecified atom stereocenters. The van der Waals surface area contributed by atoms with Crippen molar-refractivity contribution in [2.24, 2.45) is 0 Å². The molecule has 0 radical (unpaired) electrons. The van der Waals surface area contributed by atoms with Gasteiger partial charge >= 0.3 is 0 Å². The van der Waals surface area contributed by atoms with Gasteiger partial charge < -0.3 is 5.32 Å². The van der Waals surface area contributed by atoms with E-state index in [9.17, 15) is 4.79 Å². The normalized spacial score (nSPS) is 12.3. The highest BCUT2D eigenvalue weighted by molar-refractivity contribution is 5.90. The van der Waals surface area contributed by atoms with Gasteiger partial charge in [-0.25, -0.2) is 0 Å². The Labute approximate surface area is 108 Å². The predicted octanol–water partition coefficient (Wildman–Crippen LogP) is 3.30. The Balaban J connectivity index is 2.19. The molecule has 2 heteroatoms. The lowest BCUT2D eigenvalue weighted by Gasteiger charge is -2.12. The van der Waals surface area contributed by atoms with Crippen molar-refractivity contribution in [1.82, 2.24) is 5.32 Å². The van der Waals surface area contributed by atoms with Crippen LogP contribution in [-0.4, -0.2) is 11.9 Å². The molecule has 2 rings (SSSR count). The van der Waals surface area contributed by atoms with E-state index in [4.69, 9.17) is 0 Å². The number of rotatable bonds is 4. The van der Waals surface area contributed by atoms with E-state index in [0.717, 1.165) is 12.0 Å². The van der Waals surface area contributed by atoms with Gasteiger partial charge in [-0.2, -0.15) is 0 Å². The molecule has 0 aromatic heterocycles. The molecule has 1 amide bonds. The molecule has 2 aromatic rings. The largest absolute Gasteiger partial charge is 0.353 e. The van der Waals surface area contributed by atoms with E-state index in [1.807, 2.05) is 31.2 Å². The van der Waals surface area contributed by atoms with Crippen LogP contribution in [0, 0.1) is 0 Å². The summed E-state index contributed by atoms with van der Waals surface area (Å²) in [5.74, 6) is 0.0979. The van der Waals surface area contributed by atoms with Gasteiger partial charge in [0.1, 0.15) is 0 Å². The molecule has 1 atom stereocenters. The summed E-state index contributed by atoms with van der Waals surface area (Å²) in [5, 5.41) is 5.36. The molecule has 2 nitrogen and oxygen atoms in total. The Bertz CT molecular complexity index is 542. The molecule has 1 N–H and O–H groups in total. The maximum Gasteiger partial charge on any atom is 0.224 e. The second kappa shape index (κ2) is 5.67. The van der Waals surface area contributed by atoms with Crippen molar-refractivity contribution in [1.29, 1.82) is 0 Å². The van der Waals surface area contributed by atoms with Crippen LogP contribution in [0.5, 0.6) is 0 Å². The van der Waals surface area contributed by atoms with Crippen LogP contribution in [0.3, 0.4) is 0 Å². The summed E-state index contributed by atoms with van der Waals surface area (Å²) >= 11 is 0. The van der Waals surface area contributed by atoms with E-state index in [2.05, 4.69) is 30.4 Å². The number of carbonyl (C=O) groups is 1. The van der Waals surface area contributed by atoms with Crippen LogP contribution in [0.2, 0.25) is 0 Å². The average Bonchev–Trinajstić information content (AvgIpc) is 2.39. The molecule has 0 heterocycles. The van der Waals surface area contributed by atoms with Crippen molar-refractivity contribution in [3.63, 3.8) is 0 Å². The molecule has 0 fully saturated rings. The third kappa shape index (κ3) is 2.89. The Morgan fingerprint density at radius 1 is 1.17 bits per heavy atom. The van der Waals surface area contributed by atoms with E-state index < -0.39 is 0 Å². The van der Waals surface area contributed by atoms with Crippen molar-refractivity contribution in [3.8, 4) is 0 Å². The first-order chi connectivity index (χ1) is 8.70. The summed E-state index contributed by atoms with van der Waals surface area (Å²) in [6.07, 6.45) is 1.41. The summed E-state index contributed by atoms with van der Waals surface area (Å²) in [6, 6.07) is 14.5. The van der Waals surface area contributed by atoms with E-state index in [1.54, 1.807) is 0 Å². The molecule has 0 saturated heterocycles. The fourth-order valence-corrected chi connectivity index (χ4v) is 2.05. The topological polar surface area (TPSA) is 29.1 Å². The van der Waals surface area contributed by atoms with Crippen molar-refractivity contribution in [2.75, 3.05) is 0 Å². The van der Waals surface area contributed by atoms with Gasteiger partial charge in [-0.3, -0.25) is 4.79 Å². The van der Waals surface area contributed by atoms with Gasteiger partial charge in [-0.15, -0.1) is 0 Å². The standard InChI is InChI=1S/C16H19NO/c1-3-12(2)17-16(18)11-14-9-6-8-13-7-4-5-10-15(13)14/h4-10,12H,3,11H2,1-2H3,(H,17,18)/t12-/m1/s1. The van der Waals surface area contributed by atoms with Gasteiger partial charge in [0, 0.05) is 6.04 Å². The molecule has 0 aliphatic rings. The van der Waals surface area contributed by atoms with Crippen LogP contribution in [0.25, 0.3) is 10.8 Å². The summed E-state index contributed by atoms with van der Waals surface area (Å²) in [5.41, 5.74) is 1.09. The number of amides is 1. The molecule has 0 spiro atoms. The predicted molar refractivity (Wildman–Crippen MR) is 75.5 cm³/mol. The van der Waals surface area contributed by atoms with Gasteiger partial charge in [0.25, 0.3) is 0 Å². The quantitative estimate of drug-likeness (QED) is 0.874. The van der Waals surface area contributed by atoms with Crippen LogP contribution in [0.1, 0.15) is 25.8 Å². The number of hydrogen-bond acceptors (Lipinski definition) is 1. The minimum atomic E-state index is 0.0979. The molecule has 2 aromatic carbocycles. The van der Waals surface area contributed by atoms with E-state index in [1.165, 1.54) is 10.8 Å². The van der Waals surface area contributed by atoms with E-state index >= 15 is 0 Å². The van der Waals surface area contributed by atoms with E-state index in [-0.39, 0.29) is 11.9 Å². The number of nitrogens with one attached hydrogen (secondary N) is 1. The smallest absolute Gasteiger partial charge is 0.224 e. The fourth-order valence-electron chi connectivity index (χ4n) is 2.05. The Morgan fingerprint density at radius 3 is 2.67 bits per heavy atom. The van der Waals surface area contributed by atoms with Gasteiger partial charge in [0.2, 0.25) is 5.91 Å². The third-order valence-corrected chi connectivity index (χ3v) is 3.25. The lowest BCUT2D eigenvalue weighted by atomic mass is 10.0. The Kier molecular flexibility index (Phi) is 3.98. The number of benzene rings is 2. The van der Waals surface area contributed by atoms with E-state index in [0.29, 0.717) is 6.42 Å². The minimum absolute atomic E-state index is 0.0979. The first-order valence-electron chi connectivity index (χ1n) is 6.46. The Hall–Kier alpha value is -1.83. The van der Waals surface area contributed by atoms with Gasteiger partial charge in [-0.1, -0.05) is 49.4 Å². The van der Waals surface area contributed by atoms with Crippen molar-refractivity contribution in [2.45, 2.75) is 32.7 Å². The minimum Gasteiger partial charge on any atom is -0.353 e. The first-order valence-corrected chi connectivity index (χ1v) is 6.46.